The Balaban J connectivity index is 1.93. The van der Waals surface area contributed by atoms with E-state index in [0.29, 0.717) is 16.8 Å². The number of benzene rings is 3. The maximum atomic E-state index is 13.4. The molecule has 1 amide bonds. The van der Waals surface area contributed by atoms with Crippen molar-refractivity contribution in [1.29, 1.82) is 0 Å². The van der Waals surface area contributed by atoms with E-state index in [2.05, 4.69) is 10.0 Å². The molecule has 3 rings (SSSR count). The van der Waals surface area contributed by atoms with Crippen LogP contribution in [-0.4, -0.2) is 20.4 Å². The minimum atomic E-state index is -3.92. The van der Waals surface area contributed by atoms with Gasteiger partial charge in [0.2, 0.25) is 15.9 Å². The quantitative estimate of drug-likeness (QED) is 0.545. The number of rotatable bonds is 7. The van der Waals surface area contributed by atoms with Gasteiger partial charge in [-0.3, -0.25) is 4.79 Å². The fourth-order valence-corrected chi connectivity index (χ4v) is 5.57. The molecule has 5 nitrogen and oxygen atoms in total. The van der Waals surface area contributed by atoms with E-state index in [9.17, 15) is 13.2 Å². The molecule has 0 saturated heterocycles. The third kappa shape index (κ3) is 5.64. The molecule has 3 aromatic rings. The van der Waals surface area contributed by atoms with Gasteiger partial charge in [0.05, 0.1) is 4.90 Å². The van der Waals surface area contributed by atoms with E-state index >= 15 is 0 Å². The SMILES string of the molecule is Cc1cc(C)c(S(=O)(=O)N[C@H](Cc2ccccc2)C(=O)Nc2ccc(C)c(C)c2)c(C)c1. The van der Waals surface area contributed by atoms with Crippen LogP contribution in [0.3, 0.4) is 0 Å². The van der Waals surface area contributed by atoms with Crippen molar-refractivity contribution in [2.75, 3.05) is 5.32 Å². The van der Waals surface area contributed by atoms with Gasteiger partial charge < -0.3 is 5.32 Å². The molecule has 0 spiro atoms. The van der Waals surface area contributed by atoms with Crippen LogP contribution in [0.2, 0.25) is 0 Å². The van der Waals surface area contributed by atoms with E-state index in [0.717, 1.165) is 22.3 Å². The third-order valence-corrected chi connectivity index (χ3v) is 7.32. The first-order chi connectivity index (χ1) is 15.1. The first kappa shape index (κ1) is 23.7. The number of hydrogen-bond donors (Lipinski definition) is 2. The molecule has 0 unspecified atom stereocenters. The van der Waals surface area contributed by atoms with Crippen molar-refractivity contribution in [1.82, 2.24) is 4.72 Å². The predicted molar refractivity (Wildman–Crippen MR) is 129 cm³/mol. The Morgan fingerprint density at radius 1 is 0.812 bits per heavy atom. The maximum Gasteiger partial charge on any atom is 0.242 e. The number of carbonyl (C=O) groups is 1. The van der Waals surface area contributed by atoms with Gasteiger partial charge >= 0.3 is 0 Å². The van der Waals surface area contributed by atoms with E-state index in [1.54, 1.807) is 13.8 Å². The number of amides is 1. The lowest BCUT2D eigenvalue weighted by molar-refractivity contribution is -0.117. The number of hydrogen-bond acceptors (Lipinski definition) is 3. The topological polar surface area (TPSA) is 75.3 Å². The van der Waals surface area contributed by atoms with Crippen LogP contribution >= 0.6 is 0 Å². The second kappa shape index (κ2) is 9.67. The minimum Gasteiger partial charge on any atom is -0.325 e. The first-order valence-electron chi connectivity index (χ1n) is 10.6. The normalized spacial score (nSPS) is 12.4. The zero-order chi connectivity index (χ0) is 23.5. The van der Waals surface area contributed by atoms with E-state index in [-0.39, 0.29) is 11.3 Å². The summed E-state index contributed by atoms with van der Waals surface area (Å²) < 4.78 is 29.4. The van der Waals surface area contributed by atoms with Gasteiger partial charge in [0.25, 0.3) is 0 Å². The molecule has 32 heavy (non-hydrogen) atoms. The average Bonchev–Trinajstić information content (AvgIpc) is 2.70. The molecule has 3 aromatic carbocycles. The van der Waals surface area contributed by atoms with Crippen LogP contribution in [0.5, 0.6) is 0 Å². The number of nitrogens with one attached hydrogen (secondary N) is 2. The largest absolute Gasteiger partial charge is 0.325 e. The number of anilines is 1. The van der Waals surface area contributed by atoms with Crippen molar-refractivity contribution in [3.05, 3.63) is 94.0 Å². The molecule has 0 fully saturated rings. The standard InChI is InChI=1S/C26H30N2O3S/c1-17-13-20(4)25(21(5)14-17)32(30,31)28-24(16-22-9-7-6-8-10-22)26(29)27-23-12-11-18(2)19(3)15-23/h6-15,24,28H,16H2,1-5H3,(H,27,29)/t24-/m1/s1. The molecular formula is C26H30N2O3S. The molecular weight excluding hydrogens is 420 g/mol. The summed E-state index contributed by atoms with van der Waals surface area (Å²) in [4.78, 5) is 13.4. The molecule has 0 aromatic heterocycles. The predicted octanol–water partition coefficient (Wildman–Crippen LogP) is 4.76. The lowest BCUT2D eigenvalue weighted by atomic mass is 10.1. The van der Waals surface area contributed by atoms with Gasteiger partial charge in [0.1, 0.15) is 6.04 Å². The minimum absolute atomic E-state index is 0.222. The molecule has 0 aliphatic carbocycles. The fourth-order valence-electron chi connectivity index (χ4n) is 3.92. The highest BCUT2D eigenvalue weighted by Crippen LogP contribution is 2.23. The van der Waals surface area contributed by atoms with Crippen LogP contribution < -0.4 is 10.0 Å². The van der Waals surface area contributed by atoms with E-state index < -0.39 is 22.0 Å². The van der Waals surface area contributed by atoms with Crippen molar-refractivity contribution in [3.63, 3.8) is 0 Å². The summed E-state index contributed by atoms with van der Waals surface area (Å²) in [5.41, 5.74) is 5.98. The van der Waals surface area contributed by atoms with Gasteiger partial charge in [-0.05, 0) is 81.0 Å². The van der Waals surface area contributed by atoms with Crippen LogP contribution in [-0.2, 0) is 21.2 Å². The van der Waals surface area contributed by atoms with Crippen molar-refractivity contribution < 1.29 is 13.2 Å². The molecule has 1 atom stereocenters. The Kier molecular flexibility index (Phi) is 7.16. The fraction of sp³-hybridized carbons (Fsp3) is 0.269. The zero-order valence-corrected chi connectivity index (χ0v) is 20.0. The summed E-state index contributed by atoms with van der Waals surface area (Å²) in [5.74, 6) is -0.400. The number of carbonyl (C=O) groups excluding carboxylic acids is 1. The summed E-state index contributed by atoms with van der Waals surface area (Å²) in [6, 6.07) is 17.7. The molecule has 6 heteroatoms. The van der Waals surface area contributed by atoms with Crippen molar-refractivity contribution in [2.24, 2.45) is 0 Å². The lowest BCUT2D eigenvalue weighted by Gasteiger charge is -2.21. The molecule has 0 aliphatic rings. The lowest BCUT2D eigenvalue weighted by Crippen LogP contribution is -2.45. The average molecular weight is 451 g/mol. The molecule has 0 heterocycles. The van der Waals surface area contributed by atoms with Crippen LogP contribution in [0.25, 0.3) is 0 Å². The summed E-state index contributed by atoms with van der Waals surface area (Å²) in [7, 11) is -3.92. The Bertz CT molecular complexity index is 1210. The second-order valence-corrected chi connectivity index (χ2v) is 10.0. The van der Waals surface area contributed by atoms with E-state index in [1.807, 2.05) is 81.4 Å². The van der Waals surface area contributed by atoms with Gasteiger partial charge in [-0.1, -0.05) is 54.1 Å². The maximum absolute atomic E-state index is 13.4. The van der Waals surface area contributed by atoms with Crippen molar-refractivity contribution in [3.8, 4) is 0 Å². The summed E-state index contributed by atoms with van der Waals surface area (Å²) in [6.45, 7) is 9.45. The summed E-state index contributed by atoms with van der Waals surface area (Å²) >= 11 is 0. The third-order valence-electron chi connectivity index (χ3n) is 5.54. The zero-order valence-electron chi connectivity index (χ0n) is 19.2. The molecule has 2 N–H and O–H groups in total. The number of aryl methyl sites for hydroxylation is 5. The van der Waals surface area contributed by atoms with Gasteiger partial charge in [0, 0.05) is 5.69 Å². The second-order valence-electron chi connectivity index (χ2n) is 8.38. The molecule has 168 valence electrons. The monoisotopic (exact) mass is 450 g/mol. The number of sulfonamides is 1. The Morgan fingerprint density at radius 3 is 2.03 bits per heavy atom. The van der Waals surface area contributed by atoms with Crippen LogP contribution in [0.1, 0.15) is 33.4 Å². The molecule has 0 saturated carbocycles. The molecule has 0 aliphatic heterocycles. The first-order valence-corrected chi connectivity index (χ1v) is 12.1. The van der Waals surface area contributed by atoms with Crippen molar-refractivity contribution in [2.45, 2.75) is 52.0 Å². The molecule has 0 bridgehead atoms. The van der Waals surface area contributed by atoms with Crippen molar-refractivity contribution >= 4 is 21.6 Å². The van der Waals surface area contributed by atoms with Gasteiger partial charge in [-0.15, -0.1) is 0 Å². The Labute approximate surface area is 190 Å². The van der Waals surface area contributed by atoms with Gasteiger partial charge in [-0.2, -0.15) is 4.72 Å². The van der Waals surface area contributed by atoms with Crippen LogP contribution in [0, 0.1) is 34.6 Å². The molecule has 0 radical (unpaired) electrons. The van der Waals surface area contributed by atoms with Crippen LogP contribution in [0.15, 0.2) is 65.6 Å². The Hall–Kier alpha value is -2.96. The Morgan fingerprint density at radius 2 is 1.44 bits per heavy atom. The van der Waals surface area contributed by atoms with E-state index in [1.165, 1.54) is 0 Å². The summed E-state index contributed by atoms with van der Waals surface area (Å²) in [5, 5.41) is 2.88. The smallest absolute Gasteiger partial charge is 0.242 e. The van der Waals surface area contributed by atoms with Gasteiger partial charge in [0.15, 0.2) is 0 Å². The van der Waals surface area contributed by atoms with E-state index in [4.69, 9.17) is 0 Å². The highest BCUT2D eigenvalue weighted by Gasteiger charge is 2.28. The highest BCUT2D eigenvalue weighted by molar-refractivity contribution is 7.89. The highest BCUT2D eigenvalue weighted by atomic mass is 32.2. The van der Waals surface area contributed by atoms with Gasteiger partial charge in [-0.25, -0.2) is 8.42 Å². The summed E-state index contributed by atoms with van der Waals surface area (Å²) in [6.07, 6.45) is 0.237. The van der Waals surface area contributed by atoms with Crippen LogP contribution in [0.4, 0.5) is 5.69 Å².